The smallest absolute Gasteiger partial charge is 0.130 e. The number of thioether (sulfide) groups is 1. The fourth-order valence-corrected chi connectivity index (χ4v) is 2.59. The first-order valence-corrected chi connectivity index (χ1v) is 7.04. The summed E-state index contributed by atoms with van der Waals surface area (Å²) in [5.74, 6) is 1.26. The Morgan fingerprint density at radius 2 is 2.22 bits per heavy atom. The highest BCUT2D eigenvalue weighted by Gasteiger charge is 2.01. The van der Waals surface area contributed by atoms with Crippen molar-refractivity contribution in [3.63, 3.8) is 0 Å². The maximum atomic E-state index is 13.0. The van der Waals surface area contributed by atoms with E-state index in [-0.39, 0.29) is 5.82 Å². The van der Waals surface area contributed by atoms with Crippen LogP contribution < -0.4 is 0 Å². The van der Waals surface area contributed by atoms with Gasteiger partial charge in [0.2, 0.25) is 0 Å². The largest absolute Gasteiger partial charge is 0.346 e. The Morgan fingerprint density at radius 3 is 2.94 bits per heavy atom. The van der Waals surface area contributed by atoms with Gasteiger partial charge in [-0.15, -0.1) is 11.8 Å². The minimum atomic E-state index is -0.219. The Labute approximate surface area is 115 Å². The normalized spacial score (nSPS) is 10.6. The minimum absolute atomic E-state index is 0.219. The zero-order valence-corrected chi connectivity index (χ0v) is 11.6. The predicted octanol–water partition coefficient (Wildman–Crippen LogP) is 4.13. The molecular formula is C13H13FN2S2. The van der Waals surface area contributed by atoms with E-state index in [4.69, 9.17) is 12.2 Å². The SMILES string of the molecule is CCc1cc(=S)nc(CSc2cccc(F)c2)[nH]1. The average molecular weight is 280 g/mol. The summed E-state index contributed by atoms with van der Waals surface area (Å²) < 4.78 is 13.6. The number of hydrogen-bond donors (Lipinski definition) is 1. The first kappa shape index (κ1) is 13.2. The average Bonchev–Trinajstić information content (AvgIpc) is 2.36. The van der Waals surface area contributed by atoms with Crippen molar-refractivity contribution in [3.05, 3.63) is 52.3 Å². The molecule has 1 heterocycles. The maximum absolute atomic E-state index is 13.0. The molecule has 18 heavy (non-hydrogen) atoms. The lowest BCUT2D eigenvalue weighted by atomic mass is 10.3. The standard InChI is InChI=1S/C13H13FN2S2/c1-2-10-7-13(17)16-12(15-10)8-18-11-5-3-4-9(14)6-11/h3-7H,2,8H2,1H3,(H,15,16,17). The third-order valence-corrected chi connectivity index (χ3v) is 3.61. The second kappa shape index (κ2) is 6.11. The topological polar surface area (TPSA) is 28.7 Å². The molecule has 1 aromatic heterocycles. The van der Waals surface area contributed by atoms with Gasteiger partial charge in [-0.3, -0.25) is 0 Å². The van der Waals surface area contributed by atoms with Crippen LogP contribution in [-0.2, 0) is 12.2 Å². The summed E-state index contributed by atoms with van der Waals surface area (Å²) in [4.78, 5) is 8.38. The van der Waals surface area contributed by atoms with Gasteiger partial charge in [-0.1, -0.05) is 25.2 Å². The number of H-pyrrole nitrogens is 1. The summed E-state index contributed by atoms with van der Waals surface area (Å²) in [6, 6.07) is 8.41. The van der Waals surface area contributed by atoms with Crippen LogP contribution in [0.25, 0.3) is 0 Å². The highest BCUT2D eigenvalue weighted by Crippen LogP contribution is 2.21. The number of aryl methyl sites for hydroxylation is 1. The first-order valence-electron chi connectivity index (χ1n) is 5.65. The maximum Gasteiger partial charge on any atom is 0.130 e. The van der Waals surface area contributed by atoms with Crippen molar-refractivity contribution in [1.82, 2.24) is 9.97 Å². The molecule has 0 amide bonds. The molecule has 0 spiro atoms. The lowest BCUT2D eigenvalue weighted by molar-refractivity contribution is 0.624. The van der Waals surface area contributed by atoms with Gasteiger partial charge in [0.05, 0.1) is 5.75 Å². The molecule has 1 aromatic carbocycles. The number of halogens is 1. The molecule has 0 aliphatic rings. The number of aromatic nitrogens is 2. The fraction of sp³-hybridized carbons (Fsp3) is 0.231. The third-order valence-electron chi connectivity index (χ3n) is 2.40. The molecular weight excluding hydrogens is 267 g/mol. The quantitative estimate of drug-likeness (QED) is 0.674. The summed E-state index contributed by atoms with van der Waals surface area (Å²) in [5, 5.41) is 0. The molecule has 0 saturated heterocycles. The molecule has 1 N–H and O–H groups in total. The highest BCUT2D eigenvalue weighted by molar-refractivity contribution is 7.98. The first-order chi connectivity index (χ1) is 8.67. The van der Waals surface area contributed by atoms with Crippen LogP contribution in [0, 0.1) is 10.5 Å². The summed E-state index contributed by atoms with van der Waals surface area (Å²) in [5.41, 5.74) is 1.07. The molecule has 0 atom stereocenters. The predicted molar refractivity (Wildman–Crippen MR) is 74.8 cm³/mol. The molecule has 0 bridgehead atoms. The van der Waals surface area contributed by atoms with Gasteiger partial charge in [-0.2, -0.15) is 0 Å². The molecule has 2 nitrogen and oxygen atoms in total. The molecule has 0 unspecified atom stereocenters. The van der Waals surface area contributed by atoms with Crippen LogP contribution in [0.2, 0.25) is 0 Å². The van der Waals surface area contributed by atoms with E-state index in [1.807, 2.05) is 12.1 Å². The van der Waals surface area contributed by atoms with Gasteiger partial charge in [-0.25, -0.2) is 9.37 Å². The van der Waals surface area contributed by atoms with E-state index in [1.165, 1.54) is 23.9 Å². The summed E-state index contributed by atoms with van der Waals surface area (Å²) in [6.45, 7) is 2.06. The zero-order valence-electron chi connectivity index (χ0n) is 9.94. The van der Waals surface area contributed by atoms with E-state index >= 15 is 0 Å². The van der Waals surface area contributed by atoms with Crippen LogP contribution in [0.1, 0.15) is 18.4 Å². The van der Waals surface area contributed by atoms with Crippen LogP contribution in [0.4, 0.5) is 4.39 Å². The van der Waals surface area contributed by atoms with E-state index in [1.54, 1.807) is 6.07 Å². The molecule has 2 aromatic rings. The monoisotopic (exact) mass is 280 g/mol. The van der Waals surface area contributed by atoms with Gasteiger partial charge >= 0.3 is 0 Å². The fourth-order valence-electron chi connectivity index (χ4n) is 1.53. The molecule has 0 radical (unpaired) electrons. The van der Waals surface area contributed by atoms with E-state index in [0.717, 1.165) is 22.8 Å². The summed E-state index contributed by atoms with van der Waals surface area (Å²) in [7, 11) is 0. The van der Waals surface area contributed by atoms with E-state index in [0.29, 0.717) is 10.4 Å². The lowest BCUT2D eigenvalue weighted by Gasteiger charge is -2.04. The van der Waals surface area contributed by atoms with Gasteiger partial charge in [0.15, 0.2) is 0 Å². The van der Waals surface area contributed by atoms with Crippen molar-refractivity contribution < 1.29 is 4.39 Å². The molecule has 0 fully saturated rings. The van der Waals surface area contributed by atoms with Crippen molar-refractivity contribution in [2.75, 3.05) is 0 Å². The number of nitrogens with zero attached hydrogens (tertiary/aromatic N) is 1. The number of aromatic amines is 1. The number of hydrogen-bond acceptors (Lipinski definition) is 3. The number of benzene rings is 1. The molecule has 0 aliphatic carbocycles. The molecule has 2 rings (SSSR count). The van der Waals surface area contributed by atoms with Crippen LogP contribution in [0.15, 0.2) is 35.2 Å². The minimum Gasteiger partial charge on any atom is -0.346 e. The van der Waals surface area contributed by atoms with E-state index in [2.05, 4.69) is 16.9 Å². The summed E-state index contributed by atoms with van der Waals surface area (Å²) >= 11 is 6.64. The zero-order chi connectivity index (χ0) is 13.0. The number of rotatable bonds is 4. The van der Waals surface area contributed by atoms with Crippen LogP contribution in [0.3, 0.4) is 0 Å². The van der Waals surface area contributed by atoms with Gasteiger partial charge in [0.25, 0.3) is 0 Å². The molecule has 0 aliphatic heterocycles. The van der Waals surface area contributed by atoms with Crippen LogP contribution in [-0.4, -0.2) is 9.97 Å². The Balaban J connectivity index is 2.10. The lowest BCUT2D eigenvalue weighted by Crippen LogP contribution is -1.97. The second-order valence-corrected chi connectivity index (χ2v) is 5.26. The van der Waals surface area contributed by atoms with E-state index < -0.39 is 0 Å². The Kier molecular flexibility index (Phi) is 4.49. The van der Waals surface area contributed by atoms with Crippen LogP contribution >= 0.6 is 24.0 Å². The van der Waals surface area contributed by atoms with Gasteiger partial charge in [0, 0.05) is 10.6 Å². The number of nitrogens with one attached hydrogen (secondary N) is 1. The molecule has 94 valence electrons. The van der Waals surface area contributed by atoms with Gasteiger partial charge in [0.1, 0.15) is 16.3 Å². The Hall–Kier alpha value is -1.20. The summed E-state index contributed by atoms with van der Waals surface area (Å²) in [6.07, 6.45) is 0.893. The molecule has 0 saturated carbocycles. The van der Waals surface area contributed by atoms with Gasteiger partial charge < -0.3 is 4.98 Å². The second-order valence-electron chi connectivity index (χ2n) is 3.79. The van der Waals surface area contributed by atoms with Crippen molar-refractivity contribution in [2.45, 2.75) is 24.0 Å². The van der Waals surface area contributed by atoms with Crippen molar-refractivity contribution in [2.24, 2.45) is 0 Å². The van der Waals surface area contributed by atoms with Gasteiger partial charge in [-0.05, 0) is 30.7 Å². The van der Waals surface area contributed by atoms with Crippen molar-refractivity contribution in [1.29, 1.82) is 0 Å². The third kappa shape index (κ3) is 3.65. The van der Waals surface area contributed by atoms with Crippen LogP contribution in [0.5, 0.6) is 0 Å². The Morgan fingerprint density at radius 1 is 1.39 bits per heavy atom. The van der Waals surface area contributed by atoms with Crippen molar-refractivity contribution >= 4 is 24.0 Å². The van der Waals surface area contributed by atoms with E-state index in [9.17, 15) is 4.39 Å². The molecule has 5 heteroatoms. The highest BCUT2D eigenvalue weighted by atomic mass is 32.2. The van der Waals surface area contributed by atoms with Crippen molar-refractivity contribution in [3.8, 4) is 0 Å². The Bertz CT molecular complexity index is 596.